The Kier molecular flexibility index (Phi) is 5.17. The lowest BCUT2D eigenvalue weighted by Crippen LogP contribution is -2.66. The van der Waals surface area contributed by atoms with E-state index in [1.807, 2.05) is 77.9 Å². The molecule has 1 aliphatic rings. The van der Waals surface area contributed by atoms with Gasteiger partial charge in [0.05, 0.1) is 25.3 Å². The number of aliphatic hydroxyl groups is 1. The molecule has 3 aromatic rings. The maximum Gasteiger partial charge on any atom is 0.160 e. The normalized spacial score (nSPS) is 22.1. The number of aliphatic hydroxyl groups excluding tert-OH is 1. The molecule has 1 fully saturated rings. The van der Waals surface area contributed by atoms with Crippen LogP contribution in [0.25, 0.3) is 0 Å². The van der Waals surface area contributed by atoms with Crippen LogP contribution >= 0.6 is 0 Å². The minimum atomic E-state index is -0.831. The third-order valence-electron chi connectivity index (χ3n) is 5.90. The number of ether oxygens (including phenoxy) is 1. The molecule has 0 radical (unpaired) electrons. The van der Waals surface area contributed by atoms with E-state index in [4.69, 9.17) is 9.57 Å². The van der Waals surface area contributed by atoms with E-state index in [-0.39, 0.29) is 18.2 Å². The van der Waals surface area contributed by atoms with Crippen molar-refractivity contribution in [2.24, 2.45) is 0 Å². The zero-order valence-electron chi connectivity index (χ0n) is 17.1. The van der Waals surface area contributed by atoms with Crippen LogP contribution in [0.5, 0.6) is 5.75 Å². The van der Waals surface area contributed by atoms with Gasteiger partial charge in [-0.15, -0.1) is 0 Å². The van der Waals surface area contributed by atoms with Crippen LogP contribution in [0.1, 0.15) is 36.6 Å². The van der Waals surface area contributed by atoms with E-state index in [0.29, 0.717) is 0 Å². The van der Waals surface area contributed by atoms with Gasteiger partial charge in [0.2, 0.25) is 0 Å². The fraction of sp³-hybridized carbons (Fsp3) is 0.280. The molecule has 29 heavy (non-hydrogen) atoms. The van der Waals surface area contributed by atoms with Crippen molar-refractivity contribution in [3.05, 3.63) is 102 Å². The lowest BCUT2D eigenvalue weighted by atomic mass is 9.77. The summed E-state index contributed by atoms with van der Waals surface area (Å²) in [5.41, 5.74) is 1.96. The molecule has 4 rings (SSSR count). The standard InChI is InChI=1S/C25H27NO3/c1-24(2,20-10-6-4-7-11-20)26-23(19-14-16-22(28-3)17-15-19)25(18-27,29-26)21-12-8-5-9-13-21/h4-17,23,27H,18H2,1-3H3/t23-,25+/m0/s1. The first kappa shape index (κ1) is 19.6. The molecule has 4 nitrogen and oxygen atoms in total. The largest absolute Gasteiger partial charge is 0.497 e. The van der Waals surface area contributed by atoms with E-state index < -0.39 is 5.60 Å². The van der Waals surface area contributed by atoms with Gasteiger partial charge in [0.15, 0.2) is 5.60 Å². The Morgan fingerprint density at radius 1 is 0.931 bits per heavy atom. The molecule has 4 heteroatoms. The van der Waals surface area contributed by atoms with E-state index in [0.717, 1.165) is 22.4 Å². The summed E-state index contributed by atoms with van der Waals surface area (Å²) in [6, 6.07) is 28.1. The predicted octanol–water partition coefficient (Wildman–Crippen LogP) is 4.81. The number of hydrogen-bond acceptors (Lipinski definition) is 4. The topological polar surface area (TPSA) is 41.9 Å². The summed E-state index contributed by atoms with van der Waals surface area (Å²) in [6.07, 6.45) is 0. The summed E-state index contributed by atoms with van der Waals surface area (Å²) < 4.78 is 5.33. The van der Waals surface area contributed by atoms with E-state index in [1.165, 1.54) is 0 Å². The maximum absolute atomic E-state index is 10.5. The Hall–Kier alpha value is -2.66. The highest BCUT2D eigenvalue weighted by Crippen LogP contribution is 2.56. The van der Waals surface area contributed by atoms with Crippen molar-refractivity contribution in [3.8, 4) is 5.75 Å². The summed E-state index contributed by atoms with van der Waals surface area (Å²) in [6.45, 7) is 4.17. The zero-order chi connectivity index (χ0) is 20.5. The maximum atomic E-state index is 10.5. The van der Waals surface area contributed by atoms with Crippen molar-refractivity contribution in [2.75, 3.05) is 13.7 Å². The zero-order valence-corrected chi connectivity index (χ0v) is 17.1. The highest BCUT2D eigenvalue weighted by atomic mass is 16.7. The summed E-state index contributed by atoms with van der Waals surface area (Å²) in [7, 11) is 1.66. The Morgan fingerprint density at radius 3 is 2.07 bits per heavy atom. The first-order valence-electron chi connectivity index (χ1n) is 9.87. The molecule has 0 amide bonds. The average molecular weight is 389 g/mol. The third kappa shape index (κ3) is 3.23. The number of hydroxylamine groups is 2. The van der Waals surface area contributed by atoms with Crippen molar-refractivity contribution in [1.82, 2.24) is 5.06 Å². The fourth-order valence-corrected chi connectivity index (χ4v) is 4.16. The van der Waals surface area contributed by atoms with Crippen molar-refractivity contribution < 1.29 is 14.7 Å². The molecule has 0 saturated carbocycles. The molecular weight excluding hydrogens is 362 g/mol. The monoisotopic (exact) mass is 389 g/mol. The van der Waals surface area contributed by atoms with Crippen molar-refractivity contribution in [3.63, 3.8) is 0 Å². The van der Waals surface area contributed by atoms with Crippen LogP contribution in [-0.4, -0.2) is 23.9 Å². The molecule has 0 unspecified atom stereocenters. The van der Waals surface area contributed by atoms with Crippen LogP contribution in [0, 0.1) is 0 Å². The second-order valence-electron chi connectivity index (χ2n) is 7.93. The highest BCUT2D eigenvalue weighted by molar-refractivity contribution is 5.38. The van der Waals surface area contributed by atoms with Crippen molar-refractivity contribution in [1.29, 1.82) is 0 Å². The van der Waals surface area contributed by atoms with Crippen LogP contribution in [0.2, 0.25) is 0 Å². The summed E-state index contributed by atoms with van der Waals surface area (Å²) >= 11 is 0. The second kappa shape index (κ2) is 7.64. The van der Waals surface area contributed by atoms with Crippen LogP contribution in [-0.2, 0) is 16.0 Å². The van der Waals surface area contributed by atoms with E-state index in [9.17, 15) is 5.11 Å². The first-order chi connectivity index (χ1) is 14.0. The van der Waals surface area contributed by atoms with Gasteiger partial charge in [-0.05, 0) is 42.7 Å². The van der Waals surface area contributed by atoms with E-state index >= 15 is 0 Å². The van der Waals surface area contributed by atoms with Gasteiger partial charge in [0.25, 0.3) is 0 Å². The number of benzene rings is 3. The van der Waals surface area contributed by atoms with Gasteiger partial charge >= 0.3 is 0 Å². The Bertz CT molecular complexity index is 941. The molecule has 1 aliphatic heterocycles. The van der Waals surface area contributed by atoms with Crippen LogP contribution in [0.3, 0.4) is 0 Å². The Labute approximate surface area is 172 Å². The molecule has 1 heterocycles. The van der Waals surface area contributed by atoms with Crippen LogP contribution in [0.15, 0.2) is 84.9 Å². The summed E-state index contributed by atoms with van der Waals surface area (Å²) in [4.78, 5) is 6.46. The lowest BCUT2D eigenvalue weighted by Gasteiger charge is -2.61. The smallest absolute Gasteiger partial charge is 0.160 e. The molecule has 3 aromatic carbocycles. The fourth-order valence-electron chi connectivity index (χ4n) is 4.16. The van der Waals surface area contributed by atoms with Crippen LogP contribution < -0.4 is 4.74 Å². The summed E-state index contributed by atoms with van der Waals surface area (Å²) in [5, 5.41) is 12.5. The van der Waals surface area contributed by atoms with Gasteiger partial charge in [0.1, 0.15) is 5.75 Å². The first-order valence-corrected chi connectivity index (χ1v) is 9.87. The molecule has 0 aliphatic carbocycles. The average Bonchev–Trinajstić information content (AvgIpc) is 2.75. The SMILES string of the molecule is COc1ccc([C@@H]2N(C(C)(C)c3ccccc3)O[C@]2(CO)c2ccccc2)cc1. The number of methoxy groups -OCH3 is 1. The van der Waals surface area contributed by atoms with Gasteiger partial charge in [-0.2, -0.15) is 5.06 Å². The predicted molar refractivity (Wildman–Crippen MR) is 113 cm³/mol. The van der Waals surface area contributed by atoms with Crippen molar-refractivity contribution >= 4 is 0 Å². The molecule has 0 aromatic heterocycles. The molecule has 1 N–H and O–H groups in total. The minimum absolute atomic E-state index is 0.116. The molecule has 0 bridgehead atoms. The number of hydrogen-bond donors (Lipinski definition) is 1. The minimum Gasteiger partial charge on any atom is -0.497 e. The summed E-state index contributed by atoms with van der Waals surface area (Å²) in [5.74, 6) is 0.803. The van der Waals surface area contributed by atoms with Gasteiger partial charge in [-0.3, -0.25) is 4.84 Å². The van der Waals surface area contributed by atoms with Gasteiger partial charge < -0.3 is 9.84 Å². The molecular formula is C25H27NO3. The molecule has 1 saturated heterocycles. The third-order valence-corrected chi connectivity index (χ3v) is 5.90. The van der Waals surface area contributed by atoms with E-state index in [2.05, 4.69) is 26.0 Å². The van der Waals surface area contributed by atoms with Gasteiger partial charge in [-0.25, -0.2) is 0 Å². The molecule has 0 spiro atoms. The Balaban J connectivity index is 1.80. The van der Waals surface area contributed by atoms with Gasteiger partial charge in [0, 0.05) is 0 Å². The van der Waals surface area contributed by atoms with Crippen LogP contribution in [0.4, 0.5) is 0 Å². The number of rotatable bonds is 6. The van der Waals surface area contributed by atoms with Crippen molar-refractivity contribution in [2.45, 2.75) is 31.0 Å². The lowest BCUT2D eigenvalue weighted by molar-refractivity contribution is -0.446. The number of nitrogens with zero attached hydrogens (tertiary/aromatic N) is 1. The molecule has 150 valence electrons. The van der Waals surface area contributed by atoms with Gasteiger partial charge in [-0.1, -0.05) is 72.8 Å². The quantitative estimate of drug-likeness (QED) is 0.657. The second-order valence-corrected chi connectivity index (χ2v) is 7.93. The van der Waals surface area contributed by atoms with E-state index in [1.54, 1.807) is 7.11 Å². The molecule has 2 atom stereocenters. The Morgan fingerprint density at radius 2 is 1.52 bits per heavy atom. The highest BCUT2D eigenvalue weighted by Gasteiger charge is 2.60.